The van der Waals surface area contributed by atoms with Crippen LogP contribution in [0, 0.1) is 13.8 Å². The number of thioether (sulfide) groups is 1. The number of hydrogen-bond donors (Lipinski definition) is 0. The predicted molar refractivity (Wildman–Crippen MR) is 108 cm³/mol. The Kier molecular flexibility index (Phi) is 5.16. The van der Waals surface area contributed by atoms with Crippen LogP contribution in [0.3, 0.4) is 0 Å². The molecule has 0 bridgehead atoms. The lowest BCUT2D eigenvalue weighted by molar-refractivity contribution is 0.343. The van der Waals surface area contributed by atoms with Crippen molar-refractivity contribution in [3.63, 3.8) is 0 Å². The van der Waals surface area contributed by atoms with Crippen molar-refractivity contribution in [1.29, 1.82) is 0 Å². The molecule has 0 N–H and O–H groups in total. The largest absolute Gasteiger partial charge is 0.493 e. The first-order valence-corrected chi connectivity index (χ1v) is 9.78. The summed E-state index contributed by atoms with van der Waals surface area (Å²) >= 11 is 1.43. The molecule has 0 amide bonds. The van der Waals surface area contributed by atoms with Crippen LogP contribution in [0.4, 0.5) is 0 Å². The van der Waals surface area contributed by atoms with Gasteiger partial charge in [-0.25, -0.2) is 4.79 Å². The monoisotopic (exact) mass is 394 g/mol. The number of ether oxygens (including phenoxy) is 1. The van der Waals surface area contributed by atoms with E-state index in [1.54, 1.807) is 6.07 Å². The van der Waals surface area contributed by atoms with Crippen molar-refractivity contribution in [2.45, 2.75) is 19.1 Å². The minimum atomic E-state index is -0.362. The average Bonchev–Trinajstić information content (AvgIpc) is 3.14. The van der Waals surface area contributed by atoms with Crippen LogP contribution in [0.2, 0.25) is 0 Å². The maximum Gasteiger partial charge on any atom is 0.336 e. The summed E-state index contributed by atoms with van der Waals surface area (Å²) in [4.78, 5) is 11.5. The molecular formula is C21H18N2O4S. The molecular weight excluding hydrogens is 376 g/mol. The van der Waals surface area contributed by atoms with Crippen LogP contribution in [0.15, 0.2) is 67.4 Å². The van der Waals surface area contributed by atoms with Crippen molar-refractivity contribution in [1.82, 2.24) is 10.2 Å². The fraction of sp³-hybridized carbons (Fsp3) is 0.190. The summed E-state index contributed by atoms with van der Waals surface area (Å²) in [5.74, 6) is 1.81. The summed E-state index contributed by atoms with van der Waals surface area (Å²) in [5, 5.41) is 9.59. The van der Waals surface area contributed by atoms with Gasteiger partial charge in [0.05, 0.1) is 6.61 Å². The quantitative estimate of drug-likeness (QED) is 0.268. The number of rotatable bonds is 6. The fourth-order valence-corrected chi connectivity index (χ4v) is 3.45. The molecule has 0 saturated heterocycles. The van der Waals surface area contributed by atoms with Crippen LogP contribution < -0.4 is 10.4 Å². The maximum atomic E-state index is 11.5. The van der Waals surface area contributed by atoms with Gasteiger partial charge in [-0.1, -0.05) is 30.0 Å². The number of aromatic nitrogens is 2. The molecule has 0 spiro atoms. The molecule has 0 saturated carbocycles. The topological polar surface area (TPSA) is 78.4 Å². The van der Waals surface area contributed by atoms with Gasteiger partial charge < -0.3 is 13.6 Å². The third kappa shape index (κ3) is 3.94. The van der Waals surface area contributed by atoms with Crippen molar-refractivity contribution in [3.05, 3.63) is 70.1 Å². The molecule has 0 atom stereocenters. The Hall–Kier alpha value is -3.06. The highest BCUT2D eigenvalue weighted by molar-refractivity contribution is 7.99. The van der Waals surface area contributed by atoms with Gasteiger partial charge in [0.2, 0.25) is 5.89 Å². The molecule has 7 heteroatoms. The first-order valence-electron chi connectivity index (χ1n) is 8.80. The summed E-state index contributed by atoms with van der Waals surface area (Å²) < 4.78 is 16.7. The number of aryl methyl sites for hydroxylation is 2. The first-order chi connectivity index (χ1) is 13.6. The van der Waals surface area contributed by atoms with Crippen molar-refractivity contribution in [2.24, 2.45) is 0 Å². The first kappa shape index (κ1) is 18.3. The van der Waals surface area contributed by atoms with Gasteiger partial charge >= 0.3 is 5.63 Å². The molecule has 0 aliphatic rings. The highest BCUT2D eigenvalue weighted by atomic mass is 32.2. The van der Waals surface area contributed by atoms with Crippen LogP contribution in [0.25, 0.3) is 22.4 Å². The SMILES string of the molecule is Cc1ccccc1-c1nnc(SCCOc2ccc3c(C)cc(=O)oc3c2)o1. The normalized spacial score (nSPS) is 11.1. The minimum absolute atomic E-state index is 0.362. The van der Waals surface area contributed by atoms with Gasteiger partial charge in [0.25, 0.3) is 5.22 Å². The van der Waals surface area contributed by atoms with E-state index in [1.165, 1.54) is 17.8 Å². The molecule has 2 aromatic carbocycles. The van der Waals surface area contributed by atoms with E-state index in [2.05, 4.69) is 10.2 Å². The zero-order valence-electron chi connectivity index (χ0n) is 15.5. The summed E-state index contributed by atoms with van der Waals surface area (Å²) in [6.07, 6.45) is 0. The molecule has 4 rings (SSSR count). The number of nitrogens with zero attached hydrogens (tertiary/aromatic N) is 2. The Morgan fingerprint density at radius 1 is 1.00 bits per heavy atom. The molecule has 0 aliphatic carbocycles. The van der Waals surface area contributed by atoms with Gasteiger partial charge in [0.1, 0.15) is 11.3 Å². The van der Waals surface area contributed by atoms with Gasteiger partial charge in [-0.05, 0) is 43.2 Å². The predicted octanol–water partition coefficient (Wildman–Crippen LogP) is 4.63. The zero-order chi connectivity index (χ0) is 19.5. The molecule has 0 unspecified atom stereocenters. The van der Waals surface area contributed by atoms with Crippen molar-refractivity contribution < 1.29 is 13.6 Å². The third-order valence-electron chi connectivity index (χ3n) is 4.28. The van der Waals surface area contributed by atoms with E-state index in [9.17, 15) is 4.79 Å². The zero-order valence-corrected chi connectivity index (χ0v) is 16.3. The Bertz CT molecular complexity index is 1180. The van der Waals surface area contributed by atoms with Gasteiger partial charge in [0.15, 0.2) is 0 Å². The molecule has 0 fully saturated rings. The van der Waals surface area contributed by atoms with Crippen LogP contribution in [0.1, 0.15) is 11.1 Å². The van der Waals surface area contributed by atoms with Gasteiger partial charge in [-0.15, -0.1) is 10.2 Å². The Balaban J connectivity index is 1.36. The summed E-state index contributed by atoms with van der Waals surface area (Å²) in [7, 11) is 0. The van der Waals surface area contributed by atoms with Crippen LogP contribution in [-0.4, -0.2) is 22.6 Å². The lowest BCUT2D eigenvalue weighted by Crippen LogP contribution is -2.01. The molecule has 4 aromatic rings. The molecule has 0 radical (unpaired) electrons. The lowest BCUT2D eigenvalue weighted by Gasteiger charge is -2.06. The van der Waals surface area contributed by atoms with Gasteiger partial charge in [-0.3, -0.25) is 0 Å². The highest BCUT2D eigenvalue weighted by Crippen LogP contribution is 2.26. The molecule has 142 valence electrons. The Morgan fingerprint density at radius 2 is 1.86 bits per heavy atom. The van der Waals surface area contributed by atoms with E-state index in [1.807, 2.05) is 50.2 Å². The second kappa shape index (κ2) is 7.90. The maximum absolute atomic E-state index is 11.5. The third-order valence-corrected chi connectivity index (χ3v) is 5.07. The van der Waals surface area contributed by atoms with Crippen molar-refractivity contribution in [3.8, 4) is 17.2 Å². The highest BCUT2D eigenvalue weighted by Gasteiger charge is 2.11. The molecule has 2 aromatic heterocycles. The number of benzene rings is 2. The van der Waals surface area contributed by atoms with Crippen molar-refractivity contribution >= 4 is 22.7 Å². The second-order valence-corrected chi connectivity index (χ2v) is 7.34. The van der Waals surface area contributed by atoms with E-state index < -0.39 is 0 Å². The van der Waals surface area contributed by atoms with Crippen molar-refractivity contribution in [2.75, 3.05) is 12.4 Å². The average molecular weight is 394 g/mol. The molecule has 0 aliphatic heterocycles. The smallest absolute Gasteiger partial charge is 0.336 e. The Morgan fingerprint density at radius 3 is 2.71 bits per heavy atom. The van der Waals surface area contributed by atoms with Crippen LogP contribution >= 0.6 is 11.8 Å². The second-order valence-electron chi connectivity index (χ2n) is 6.29. The summed E-state index contributed by atoms with van der Waals surface area (Å²) in [6.45, 7) is 4.34. The lowest BCUT2D eigenvalue weighted by atomic mass is 10.1. The number of hydrogen-bond acceptors (Lipinski definition) is 7. The van der Waals surface area contributed by atoms with Gasteiger partial charge in [-0.2, -0.15) is 0 Å². The van der Waals surface area contributed by atoms with E-state index >= 15 is 0 Å². The summed E-state index contributed by atoms with van der Waals surface area (Å²) in [6, 6.07) is 14.9. The van der Waals surface area contributed by atoms with E-state index in [0.717, 1.165) is 22.1 Å². The van der Waals surface area contributed by atoms with Gasteiger partial charge in [0, 0.05) is 28.8 Å². The summed E-state index contributed by atoms with van der Waals surface area (Å²) in [5.41, 5.74) is 3.07. The molecule has 6 nitrogen and oxygen atoms in total. The van der Waals surface area contributed by atoms with Crippen LogP contribution in [-0.2, 0) is 0 Å². The fourth-order valence-electron chi connectivity index (χ4n) is 2.87. The molecule has 2 heterocycles. The minimum Gasteiger partial charge on any atom is -0.493 e. The van der Waals surface area contributed by atoms with E-state index in [0.29, 0.717) is 34.8 Å². The van der Waals surface area contributed by atoms with E-state index in [-0.39, 0.29) is 5.63 Å². The molecule has 28 heavy (non-hydrogen) atoms. The van der Waals surface area contributed by atoms with Crippen LogP contribution in [0.5, 0.6) is 5.75 Å². The van der Waals surface area contributed by atoms with E-state index in [4.69, 9.17) is 13.6 Å². The Labute approximate surface area is 165 Å². The standard InChI is InChI=1S/C21H18N2O4S/c1-13-5-3-4-6-17(13)20-22-23-21(27-20)28-10-9-25-15-7-8-16-14(2)11-19(24)26-18(16)12-15/h3-8,11-12H,9-10H2,1-2H3. The number of fused-ring (bicyclic) bond motifs is 1.